The minimum Gasteiger partial charge on any atom is -0.464 e. The van der Waals surface area contributed by atoms with Crippen molar-refractivity contribution in [3.8, 4) is 0 Å². The van der Waals surface area contributed by atoms with Crippen LogP contribution in [0, 0.1) is 0 Å². The van der Waals surface area contributed by atoms with Crippen LogP contribution in [0.2, 0.25) is 0 Å². The van der Waals surface area contributed by atoms with E-state index < -0.39 is 0 Å². The van der Waals surface area contributed by atoms with Crippen molar-refractivity contribution in [3.63, 3.8) is 0 Å². The van der Waals surface area contributed by atoms with Crippen LogP contribution in [0.1, 0.15) is 5.56 Å². The number of amides is 1. The molecule has 4 heteroatoms. The largest absolute Gasteiger partial charge is 0.464 e. The van der Waals surface area contributed by atoms with Crippen molar-refractivity contribution < 1.29 is 9.21 Å². The van der Waals surface area contributed by atoms with Gasteiger partial charge in [0.05, 0.1) is 12.8 Å². The lowest BCUT2D eigenvalue weighted by Gasteiger charge is -2.16. The summed E-state index contributed by atoms with van der Waals surface area (Å²) in [5, 5.41) is 3.92. The fraction of sp³-hybridized carbons (Fsp3) is 0.308. The van der Waals surface area contributed by atoms with E-state index >= 15 is 0 Å². The number of carbonyl (C=O) groups is 1. The van der Waals surface area contributed by atoms with Crippen molar-refractivity contribution in [1.29, 1.82) is 0 Å². The molecule has 0 fully saturated rings. The fourth-order valence-electron chi connectivity index (χ4n) is 1.79. The number of hydrogen-bond acceptors (Lipinski definition) is 3. The van der Waals surface area contributed by atoms with Gasteiger partial charge >= 0.3 is 0 Å². The molecule has 2 aromatic rings. The maximum atomic E-state index is 11.6. The smallest absolute Gasteiger partial charge is 0.236 e. The number of para-hydroxylation sites is 1. The van der Waals surface area contributed by atoms with Crippen molar-refractivity contribution in [2.75, 3.05) is 20.6 Å². The Morgan fingerprint density at radius 1 is 1.41 bits per heavy atom. The van der Waals surface area contributed by atoms with E-state index in [0.29, 0.717) is 13.1 Å². The van der Waals surface area contributed by atoms with Gasteiger partial charge in [-0.2, -0.15) is 0 Å². The molecule has 0 saturated carbocycles. The summed E-state index contributed by atoms with van der Waals surface area (Å²) in [5.74, 6) is 0.0674. The van der Waals surface area contributed by atoms with E-state index in [0.717, 1.165) is 16.5 Å². The van der Waals surface area contributed by atoms with Gasteiger partial charge in [-0.05, 0) is 13.1 Å². The van der Waals surface area contributed by atoms with Crippen LogP contribution in [0.25, 0.3) is 11.0 Å². The third-order valence-electron chi connectivity index (χ3n) is 2.72. The molecule has 2 rings (SSSR count). The van der Waals surface area contributed by atoms with Gasteiger partial charge in [-0.25, -0.2) is 0 Å². The molecule has 1 amide bonds. The predicted molar refractivity (Wildman–Crippen MR) is 66.6 cm³/mol. The number of fused-ring (bicyclic) bond motifs is 1. The van der Waals surface area contributed by atoms with Crippen LogP contribution in [0.4, 0.5) is 0 Å². The molecule has 0 bridgehead atoms. The molecule has 1 aromatic carbocycles. The summed E-state index contributed by atoms with van der Waals surface area (Å²) in [7, 11) is 3.56. The van der Waals surface area contributed by atoms with E-state index in [1.165, 1.54) is 0 Å². The van der Waals surface area contributed by atoms with Crippen LogP contribution in [-0.4, -0.2) is 31.4 Å². The summed E-state index contributed by atoms with van der Waals surface area (Å²) in [4.78, 5) is 13.3. The Bertz CT molecular complexity index is 519. The molecule has 1 heterocycles. The number of likely N-dealkylation sites (N-methyl/N-ethyl adjacent to an activating group) is 2. The van der Waals surface area contributed by atoms with E-state index in [9.17, 15) is 4.79 Å². The molecule has 0 aliphatic rings. The van der Waals surface area contributed by atoms with Gasteiger partial charge in [-0.1, -0.05) is 18.2 Å². The topological polar surface area (TPSA) is 45.5 Å². The van der Waals surface area contributed by atoms with Gasteiger partial charge in [0.25, 0.3) is 0 Å². The first-order chi connectivity index (χ1) is 8.22. The quantitative estimate of drug-likeness (QED) is 0.871. The van der Waals surface area contributed by atoms with Gasteiger partial charge in [-0.3, -0.25) is 4.79 Å². The van der Waals surface area contributed by atoms with Crippen LogP contribution < -0.4 is 5.32 Å². The zero-order chi connectivity index (χ0) is 12.3. The minimum atomic E-state index is 0.0674. The van der Waals surface area contributed by atoms with E-state index in [1.54, 1.807) is 25.3 Å². The summed E-state index contributed by atoms with van der Waals surface area (Å²) in [5.41, 5.74) is 1.89. The minimum absolute atomic E-state index is 0.0674. The SMILES string of the molecule is CNCC(=O)N(C)Cc1coc2ccccc12. The average Bonchev–Trinajstić information content (AvgIpc) is 2.73. The number of benzene rings is 1. The molecule has 90 valence electrons. The van der Waals surface area contributed by atoms with E-state index in [2.05, 4.69) is 5.32 Å². The van der Waals surface area contributed by atoms with Gasteiger partial charge in [0.2, 0.25) is 5.91 Å². The average molecular weight is 232 g/mol. The van der Waals surface area contributed by atoms with Crippen molar-refractivity contribution >= 4 is 16.9 Å². The summed E-state index contributed by atoms with van der Waals surface area (Å²) >= 11 is 0. The second kappa shape index (κ2) is 5.01. The standard InChI is InChI=1S/C13H16N2O2/c1-14-7-13(16)15(2)8-10-9-17-12-6-4-3-5-11(10)12/h3-6,9,14H,7-8H2,1-2H3. The zero-order valence-electron chi connectivity index (χ0n) is 10.1. The highest BCUT2D eigenvalue weighted by Crippen LogP contribution is 2.21. The number of nitrogens with zero attached hydrogens (tertiary/aromatic N) is 1. The normalized spacial score (nSPS) is 10.7. The first-order valence-corrected chi connectivity index (χ1v) is 5.56. The Balaban J connectivity index is 2.16. The fourth-order valence-corrected chi connectivity index (χ4v) is 1.79. The van der Waals surface area contributed by atoms with Crippen molar-refractivity contribution in [3.05, 3.63) is 36.1 Å². The monoisotopic (exact) mass is 232 g/mol. The molecule has 0 aliphatic heterocycles. The number of hydrogen-bond donors (Lipinski definition) is 1. The van der Waals surface area contributed by atoms with Gasteiger partial charge in [0, 0.05) is 24.5 Å². The van der Waals surface area contributed by atoms with Gasteiger partial charge in [0.15, 0.2) is 0 Å². The lowest BCUT2D eigenvalue weighted by atomic mass is 10.1. The Kier molecular flexibility index (Phi) is 3.44. The molecule has 0 unspecified atom stereocenters. The van der Waals surface area contributed by atoms with Crippen molar-refractivity contribution in [1.82, 2.24) is 10.2 Å². The lowest BCUT2D eigenvalue weighted by Crippen LogP contribution is -2.33. The third kappa shape index (κ3) is 2.47. The summed E-state index contributed by atoms with van der Waals surface area (Å²) in [6, 6.07) is 7.83. The van der Waals surface area contributed by atoms with Crippen LogP contribution in [-0.2, 0) is 11.3 Å². The number of rotatable bonds is 4. The predicted octanol–water partition coefficient (Wildman–Crippen LogP) is 1.61. The third-order valence-corrected chi connectivity index (χ3v) is 2.72. The van der Waals surface area contributed by atoms with E-state index in [4.69, 9.17) is 4.42 Å². The number of carbonyl (C=O) groups excluding carboxylic acids is 1. The number of furan rings is 1. The zero-order valence-corrected chi connectivity index (χ0v) is 10.1. The number of nitrogens with one attached hydrogen (secondary N) is 1. The molecule has 0 aliphatic carbocycles. The summed E-state index contributed by atoms with van der Waals surface area (Å²) < 4.78 is 5.44. The Labute approximate surface area is 100 Å². The summed E-state index contributed by atoms with van der Waals surface area (Å²) in [6.07, 6.45) is 1.72. The maximum absolute atomic E-state index is 11.6. The molecule has 0 radical (unpaired) electrons. The van der Waals surface area contributed by atoms with Crippen molar-refractivity contribution in [2.45, 2.75) is 6.54 Å². The summed E-state index contributed by atoms with van der Waals surface area (Å²) in [6.45, 7) is 0.920. The Hall–Kier alpha value is -1.81. The molecule has 0 atom stereocenters. The molecule has 17 heavy (non-hydrogen) atoms. The molecule has 4 nitrogen and oxygen atoms in total. The molecule has 0 saturated heterocycles. The second-order valence-corrected chi connectivity index (χ2v) is 4.04. The highest BCUT2D eigenvalue weighted by Gasteiger charge is 2.11. The van der Waals surface area contributed by atoms with Gasteiger partial charge < -0.3 is 14.6 Å². The highest BCUT2D eigenvalue weighted by atomic mass is 16.3. The van der Waals surface area contributed by atoms with Crippen LogP contribution >= 0.6 is 0 Å². The van der Waals surface area contributed by atoms with E-state index in [-0.39, 0.29) is 5.91 Å². The molecule has 1 N–H and O–H groups in total. The first-order valence-electron chi connectivity index (χ1n) is 5.56. The molecular weight excluding hydrogens is 216 g/mol. The lowest BCUT2D eigenvalue weighted by molar-refractivity contribution is -0.129. The maximum Gasteiger partial charge on any atom is 0.236 e. The van der Waals surface area contributed by atoms with Gasteiger partial charge in [0.1, 0.15) is 5.58 Å². The molecular formula is C13H16N2O2. The first kappa shape index (κ1) is 11.7. The van der Waals surface area contributed by atoms with Crippen LogP contribution in [0.3, 0.4) is 0 Å². The van der Waals surface area contributed by atoms with Crippen molar-refractivity contribution in [2.24, 2.45) is 0 Å². The highest BCUT2D eigenvalue weighted by molar-refractivity contribution is 5.82. The Morgan fingerprint density at radius 3 is 2.94 bits per heavy atom. The van der Waals surface area contributed by atoms with E-state index in [1.807, 2.05) is 24.3 Å². The van der Waals surface area contributed by atoms with Crippen LogP contribution in [0.15, 0.2) is 34.9 Å². The van der Waals surface area contributed by atoms with Gasteiger partial charge in [-0.15, -0.1) is 0 Å². The second-order valence-electron chi connectivity index (χ2n) is 4.04. The molecule has 0 spiro atoms. The molecule has 1 aromatic heterocycles. The van der Waals surface area contributed by atoms with Crippen LogP contribution in [0.5, 0.6) is 0 Å². The Morgan fingerprint density at radius 2 is 2.18 bits per heavy atom.